The Bertz CT molecular complexity index is 554. The first-order valence-electron chi connectivity index (χ1n) is 8.41. The van der Waals surface area contributed by atoms with Crippen LogP contribution in [0.2, 0.25) is 0 Å². The fraction of sp³-hybridized carbons (Fsp3) is 0.556. The molecule has 1 aliphatic carbocycles. The van der Waals surface area contributed by atoms with Gasteiger partial charge in [-0.3, -0.25) is 0 Å². The van der Waals surface area contributed by atoms with Crippen molar-refractivity contribution in [2.75, 3.05) is 11.9 Å². The molecule has 3 N–H and O–H groups in total. The number of amides is 3. The second-order valence-corrected chi connectivity index (χ2v) is 7.22. The van der Waals surface area contributed by atoms with Crippen LogP contribution in [0.3, 0.4) is 0 Å². The first-order valence-corrected chi connectivity index (χ1v) is 8.41. The van der Waals surface area contributed by atoms with Crippen molar-refractivity contribution in [3.8, 4) is 0 Å². The van der Waals surface area contributed by atoms with Crippen molar-refractivity contribution < 1.29 is 14.3 Å². The lowest BCUT2D eigenvalue weighted by Crippen LogP contribution is -2.38. The largest absolute Gasteiger partial charge is 0.444 e. The second-order valence-electron chi connectivity index (χ2n) is 7.22. The summed E-state index contributed by atoms with van der Waals surface area (Å²) >= 11 is 0. The van der Waals surface area contributed by atoms with Gasteiger partial charge in [-0.05, 0) is 58.1 Å². The quantitative estimate of drug-likeness (QED) is 0.789. The Balaban J connectivity index is 1.66. The van der Waals surface area contributed by atoms with E-state index >= 15 is 0 Å². The number of hydrogen-bond acceptors (Lipinski definition) is 3. The molecular formula is C18H27N3O3. The number of nitrogens with one attached hydrogen (secondary N) is 3. The van der Waals surface area contributed by atoms with Crippen molar-refractivity contribution in [3.05, 3.63) is 30.3 Å². The minimum atomic E-state index is -0.487. The molecular weight excluding hydrogens is 306 g/mol. The smallest absolute Gasteiger partial charge is 0.407 e. The molecule has 0 spiro atoms. The molecule has 1 aromatic carbocycles. The first kappa shape index (κ1) is 18.1. The van der Waals surface area contributed by atoms with Gasteiger partial charge in [0.2, 0.25) is 0 Å². The van der Waals surface area contributed by atoms with E-state index in [2.05, 4.69) is 16.0 Å². The van der Waals surface area contributed by atoms with Crippen molar-refractivity contribution in [3.63, 3.8) is 0 Å². The monoisotopic (exact) mass is 333 g/mol. The molecule has 2 atom stereocenters. The van der Waals surface area contributed by atoms with Crippen molar-refractivity contribution in [2.24, 2.45) is 5.92 Å². The van der Waals surface area contributed by atoms with Crippen LogP contribution in [0.4, 0.5) is 15.3 Å². The van der Waals surface area contributed by atoms with Crippen LogP contribution in [-0.2, 0) is 4.74 Å². The normalized spacial score (nSPS) is 20.3. The van der Waals surface area contributed by atoms with Gasteiger partial charge in [0.1, 0.15) is 5.60 Å². The van der Waals surface area contributed by atoms with E-state index in [1.54, 1.807) is 0 Å². The van der Waals surface area contributed by atoms with Gasteiger partial charge in [-0.2, -0.15) is 0 Å². The number of para-hydroxylation sites is 1. The highest BCUT2D eigenvalue weighted by Gasteiger charge is 2.27. The van der Waals surface area contributed by atoms with Gasteiger partial charge in [0.05, 0.1) is 0 Å². The molecule has 0 saturated heterocycles. The third kappa shape index (κ3) is 6.48. The van der Waals surface area contributed by atoms with Crippen molar-refractivity contribution in [2.45, 2.75) is 51.7 Å². The molecule has 0 aliphatic heterocycles. The molecule has 2 rings (SSSR count). The standard InChI is InChI=1S/C18H27N3O3/c1-18(2,3)24-17(23)21-15-10-9-13(11-15)12-19-16(22)20-14-7-5-4-6-8-14/h4-8,13,15H,9-12H2,1-3H3,(H,21,23)(H2,19,20,22)/t13-,15+/m0/s1. The molecule has 0 bridgehead atoms. The van der Waals surface area contributed by atoms with E-state index in [1.165, 1.54) is 0 Å². The number of carbonyl (C=O) groups is 2. The predicted molar refractivity (Wildman–Crippen MR) is 94.0 cm³/mol. The van der Waals surface area contributed by atoms with E-state index in [0.29, 0.717) is 12.5 Å². The van der Waals surface area contributed by atoms with Crippen molar-refractivity contribution in [1.29, 1.82) is 0 Å². The van der Waals surface area contributed by atoms with E-state index in [-0.39, 0.29) is 18.2 Å². The predicted octanol–water partition coefficient (Wildman–Crippen LogP) is 3.50. The highest BCUT2D eigenvalue weighted by molar-refractivity contribution is 5.89. The maximum absolute atomic E-state index is 11.9. The maximum atomic E-state index is 11.9. The summed E-state index contributed by atoms with van der Waals surface area (Å²) in [6.45, 7) is 6.14. The lowest BCUT2D eigenvalue weighted by atomic mass is 10.1. The Morgan fingerprint density at radius 3 is 2.54 bits per heavy atom. The van der Waals surface area contributed by atoms with Crippen LogP contribution in [0.1, 0.15) is 40.0 Å². The fourth-order valence-corrected chi connectivity index (χ4v) is 2.80. The summed E-state index contributed by atoms with van der Waals surface area (Å²) in [6, 6.07) is 9.25. The Labute approximate surface area is 143 Å². The Kier molecular flexibility index (Phi) is 6.06. The zero-order valence-electron chi connectivity index (χ0n) is 14.6. The molecule has 0 unspecified atom stereocenters. The fourth-order valence-electron chi connectivity index (χ4n) is 2.80. The summed E-state index contributed by atoms with van der Waals surface area (Å²) in [4.78, 5) is 23.7. The van der Waals surface area contributed by atoms with Crippen LogP contribution in [0.5, 0.6) is 0 Å². The molecule has 1 fully saturated rings. The SMILES string of the molecule is CC(C)(C)OC(=O)N[C@@H]1CC[C@H](CNC(=O)Nc2ccccc2)C1. The lowest BCUT2D eigenvalue weighted by Gasteiger charge is -2.21. The summed E-state index contributed by atoms with van der Waals surface area (Å²) in [5, 5.41) is 8.59. The number of hydrogen-bond donors (Lipinski definition) is 3. The molecule has 24 heavy (non-hydrogen) atoms. The van der Waals surface area contributed by atoms with Gasteiger partial charge >= 0.3 is 12.1 Å². The van der Waals surface area contributed by atoms with Gasteiger partial charge in [0.15, 0.2) is 0 Å². The second kappa shape index (κ2) is 8.04. The Morgan fingerprint density at radius 1 is 1.17 bits per heavy atom. The zero-order valence-corrected chi connectivity index (χ0v) is 14.6. The Hall–Kier alpha value is -2.24. The van der Waals surface area contributed by atoms with Crippen molar-refractivity contribution in [1.82, 2.24) is 10.6 Å². The maximum Gasteiger partial charge on any atom is 0.407 e. The van der Waals surface area contributed by atoms with Crippen LogP contribution in [0.25, 0.3) is 0 Å². The third-order valence-corrected chi connectivity index (χ3v) is 3.85. The van der Waals surface area contributed by atoms with Gasteiger partial charge in [-0.15, -0.1) is 0 Å². The number of urea groups is 1. The van der Waals surface area contributed by atoms with Crippen LogP contribution in [0, 0.1) is 5.92 Å². The average molecular weight is 333 g/mol. The highest BCUT2D eigenvalue weighted by Crippen LogP contribution is 2.25. The molecule has 6 heteroatoms. The van der Waals surface area contributed by atoms with E-state index in [0.717, 1.165) is 24.9 Å². The number of benzene rings is 1. The van der Waals surface area contributed by atoms with Gasteiger partial charge in [-0.1, -0.05) is 18.2 Å². The molecule has 1 saturated carbocycles. The van der Waals surface area contributed by atoms with Gasteiger partial charge in [0.25, 0.3) is 0 Å². The van der Waals surface area contributed by atoms with E-state index in [9.17, 15) is 9.59 Å². The zero-order chi connectivity index (χ0) is 17.6. The number of rotatable bonds is 4. The summed E-state index contributed by atoms with van der Waals surface area (Å²) in [5.74, 6) is 0.367. The molecule has 1 aromatic rings. The molecule has 1 aliphatic rings. The van der Waals surface area contributed by atoms with Crippen LogP contribution >= 0.6 is 0 Å². The van der Waals surface area contributed by atoms with Crippen LogP contribution < -0.4 is 16.0 Å². The van der Waals surface area contributed by atoms with Gasteiger partial charge in [-0.25, -0.2) is 9.59 Å². The number of carbonyl (C=O) groups excluding carboxylic acids is 2. The van der Waals surface area contributed by atoms with Crippen LogP contribution in [-0.4, -0.2) is 30.3 Å². The van der Waals surface area contributed by atoms with E-state index in [1.807, 2.05) is 51.1 Å². The summed E-state index contributed by atoms with van der Waals surface area (Å²) < 4.78 is 5.27. The average Bonchev–Trinajstić information content (AvgIpc) is 2.91. The molecule has 0 heterocycles. The minimum absolute atomic E-state index is 0.115. The molecule has 0 radical (unpaired) electrons. The van der Waals surface area contributed by atoms with Gasteiger partial charge < -0.3 is 20.7 Å². The topological polar surface area (TPSA) is 79.5 Å². The first-order chi connectivity index (χ1) is 11.3. The summed E-state index contributed by atoms with van der Waals surface area (Å²) in [6.07, 6.45) is 2.37. The van der Waals surface area contributed by atoms with E-state index < -0.39 is 5.60 Å². The molecule has 132 valence electrons. The number of alkyl carbamates (subject to hydrolysis) is 1. The third-order valence-electron chi connectivity index (χ3n) is 3.85. The molecule has 0 aromatic heterocycles. The van der Waals surface area contributed by atoms with Gasteiger partial charge in [0, 0.05) is 18.3 Å². The Morgan fingerprint density at radius 2 is 1.88 bits per heavy atom. The molecule has 3 amide bonds. The van der Waals surface area contributed by atoms with Crippen LogP contribution in [0.15, 0.2) is 30.3 Å². The minimum Gasteiger partial charge on any atom is -0.444 e. The lowest BCUT2D eigenvalue weighted by molar-refractivity contribution is 0.0504. The summed E-state index contributed by atoms with van der Waals surface area (Å²) in [5.41, 5.74) is 0.282. The highest BCUT2D eigenvalue weighted by atomic mass is 16.6. The number of anilines is 1. The molecule has 6 nitrogen and oxygen atoms in total. The van der Waals surface area contributed by atoms with Crippen molar-refractivity contribution >= 4 is 17.8 Å². The van der Waals surface area contributed by atoms with E-state index in [4.69, 9.17) is 4.74 Å². The summed E-state index contributed by atoms with van der Waals surface area (Å²) in [7, 11) is 0. The number of ether oxygens (including phenoxy) is 1.